The minimum absolute atomic E-state index is 0.472. The molecule has 0 saturated carbocycles. The van der Waals surface area contributed by atoms with Crippen LogP contribution >= 0.6 is 30.5 Å². The van der Waals surface area contributed by atoms with Crippen LogP contribution in [0.1, 0.15) is 16.7 Å². The van der Waals surface area contributed by atoms with Crippen molar-refractivity contribution in [2.24, 2.45) is 0 Å². The molecule has 1 atom stereocenters. The van der Waals surface area contributed by atoms with E-state index in [4.69, 9.17) is 23.2 Å². The molecule has 3 nitrogen and oxygen atoms in total. The predicted octanol–water partition coefficient (Wildman–Crippen LogP) is 7.56. The number of piperazine rings is 1. The van der Waals surface area contributed by atoms with Crippen LogP contribution < -0.4 is 0 Å². The van der Waals surface area contributed by atoms with E-state index in [0.29, 0.717) is 23.2 Å². The first-order valence-corrected chi connectivity index (χ1v) is 13.6. The van der Waals surface area contributed by atoms with Crippen LogP contribution in [0, 0.1) is 0 Å². The highest BCUT2D eigenvalue weighted by Crippen LogP contribution is 2.57. The normalized spacial score (nSPS) is 18.1. The van der Waals surface area contributed by atoms with E-state index in [1.165, 1.54) is 5.56 Å². The Bertz CT molecular complexity index is 1080. The summed E-state index contributed by atoms with van der Waals surface area (Å²) in [4.78, 5) is 2.39. The van der Waals surface area contributed by atoms with Gasteiger partial charge in [0.05, 0.1) is 10.1 Å². The largest absolute Gasteiger partial charge is 0.297 e. The van der Waals surface area contributed by atoms with Crippen molar-refractivity contribution < 1.29 is 4.57 Å². The Morgan fingerprint density at radius 1 is 0.697 bits per heavy atom. The topological polar surface area (TPSA) is 23.6 Å². The first-order valence-electron chi connectivity index (χ1n) is 11.0. The molecule has 1 fully saturated rings. The van der Waals surface area contributed by atoms with E-state index in [1.54, 1.807) is 11.6 Å². The average Bonchev–Trinajstić information content (AvgIpc) is 2.86. The fraction of sp³-hybridized carbons (Fsp3) is 0.185. The standard InChI is InChI=1S/C27H27Cl2N2OP/c28-26(24-12-6-2-7-13-24)21-33(32,22-27(29)25-14-8-3-9-15-25)31-18-16-30(17-19-31)20-23-10-4-1-5-11-23/h1-15,21-22H,16-20H2/b26-21+,27-22?. The zero-order valence-corrected chi connectivity index (χ0v) is 20.8. The van der Waals surface area contributed by atoms with Gasteiger partial charge in [0.25, 0.3) is 0 Å². The second kappa shape index (κ2) is 11.3. The molecule has 4 rings (SSSR count). The zero-order valence-electron chi connectivity index (χ0n) is 18.4. The van der Waals surface area contributed by atoms with Crippen molar-refractivity contribution in [2.75, 3.05) is 26.2 Å². The summed E-state index contributed by atoms with van der Waals surface area (Å²) in [5.41, 5.74) is 2.96. The molecule has 1 aliphatic rings. The lowest BCUT2D eigenvalue weighted by atomic mass is 10.2. The molecule has 1 saturated heterocycles. The van der Waals surface area contributed by atoms with Gasteiger partial charge in [-0.15, -0.1) is 0 Å². The number of hydrogen-bond acceptors (Lipinski definition) is 2. The maximum absolute atomic E-state index is 14.4. The fourth-order valence-electron chi connectivity index (χ4n) is 3.92. The summed E-state index contributed by atoms with van der Waals surface area (Å²) < 4.78 is 16.4. The second-order valence-electron chi connectivity index (χ2n) is 8.07. The SMILES string of the molecule is O=P(C=C(Cl)c1ccccc1)(/C=C(/Cl)c1ccccc1)N1CCN(Cc2ccccc2)CC1. The summed E-state index contributed by atoms with van der Waals surface area (Å²) in [5.74, 6) is 3.39. The Morgan fingerprint density at radius 2 is 1.12 bits per heavy atom. The van der Waals surface area contributed by atoms with Crippen LogP contribution in [0.3, 0.4) is 0 Å². The van der Waals surface area contributed by atoms with E-state index in [2.05, 4.69) is 29.2 Å². The van der Waals surface area contributed by atoms with E-state index >= 15 is 0 Å². The maximum atomic E-state index is 14.4. The zero-order chi connectivity index (χ0) is 23.1. The maximum Gasteiger partial charge on any atom is 0.196 e. The number of nitrogens with zero attached hydrogens (tertiary/aromatic N) is 2. The van der Waals surface area contributed by atoms with Gasteiger partial charge in [0.15, 0.2) is 7.29 Å². The van der Waals surface area contributed by atoms with Crippen LogP contribution in [0.25, 0.3) is 10.1 Å². The van der Waals surface area contributed by atoms with Gasteiger partial charge in [-0.25, -0.2) is 4.67 Å². The van der Waals surface area contributed by atoms with E-state index < -0.39 is 7.29 Å². The summed E-state index contributed by atoms with van der Waals surface area (Å²) in [6.45, 7) is 3.89. The van der Waals surface area contributed by atoms with Gasteiger partial charge in [0, 0.05) is 44.4 Å². The number of rotatable bonds is 7. The van der Waals surface area contributed by atoms with Gasteiger partial charge in [-0.3, -0.25) is 9.46 Å². The fourth-order valence-corrected chi connectivity index (χ4v) is 7.16. The molecule has 33 heavy (non-hydrogen) atoms. The lowest BCUT2D eigenvalue weighted by Gasteiger charge is -2.37. The molecule has 0 aromatic heterocycles. The first kappa shape index (κ1) is 24.0. The van der Waals surface area contributed by atoms with Crippen molar-refractivity contribution >= 4 is 40.6 Å². The highest BCUT2D eigenvalue weighted by molar-refractivity contribution is 7.68. The highest BCUT2D eigenvalue weighted by Gasteiger charge is 2.31. The Kier molecular flexibility index (Phi) is 8.25. The van der Waals surface area contributed by atoms with Crippen LogP contribution in [-0.4, -0.2) is 35.7 Å². The smallest absolute Gasteiger partial charge is 0.196 e. The van der Waals surface area contributed by atoms with Crippen molar-refractivity contribution in [3.63, 3.8) is 0 Å². The molecular weight excluding hydrogens is 470 g/mol. The molecule has 1 unspecified atom stereocenters. The molecule has 0 spiro atoms. The highest BCUT2D eigenvalue weighted by atomic mass is 35.5. The molecule has 3 aromatic carbocycles. The van der Waals surface area contributed by atoms with Gasteiger partial charge in [0.2, 0.25) is 0 Å². The van der Waals surface area contributed by atoms with Crippen molar-refractivity contribution in [3.05, 3.63) is 119 Å². The van der Waals surface area contributed by atoms with E-state index in [9.17, 15) is 4.57 Å². The summed E-state index contributed by atoms with van der Waals surface area (Å²) in [7, 11) is -3.13. The molecule has 170 valence electrons. The van der Waals surface area contributed by atoms with Crippen LogP contribution in [0.15, 0.2) is 103 Å². The molecule has 1 heterocycles. The van der Waals surface area contributed by atoms with Crippen LogP contribution in [0.5, 0.6) is 0 Å². The molecule has 0 bridgehead atoms. The van der Waals surface area contributed by atoms with Gasteiger partial charge in [-0.1, -0.05) is 114 Å². The number of benzene rings is 3. The summed E-state index contributed by atoms with van der Waals surface area (Å²) in [6, 6.07) is 29.7. The molecule has 3 aromatic rings. The van der Waals surface area contributed by atoms with E-state index in [-0.39, 0.29) is 0 Å². The number of hydrogen-bond donors (Lipinski definition) is 0. The average molecular weight is 497 g/mol. The molecular formula is C27H27Cl2N2OP. The van der Waals surface area contributed by atoms with Gasteiger partial charge in [-0.2, -0.15) is 0 Å². The third-order valence-electron chi connectivity index (χ3n) is 5.74. The third-order valence-corrected chi connectivity index (χ3v) is 9.23. The van der Waals surface area contributed by atoms with Gasteiger partial charge in [-0.05, 0) is 16.7 Å². The minimum Gasteiger partial charge on any atom is -0.297 e. The predicted molar refractivity (Wildman–Crippen MR) is 141 cm³/mol. The van der Waals surface area contributed by atoms with Crippen molar-refractivity contribution in [3.8, 4) is 0 Å². The van der Waals surface area contributed by atoms with Gasteiger partial charge < -0.3 is 0 Å². The van der Waals surface area contributed by atoms with E-state index in [0.717, 1.165) is 30.8 Å². The quantitative estimate of drug-likeness (QED) is 0.315. The number of halogens is 2. The van der Waals surface area contributed by atoms with E-state index in [1.807, 2.05) is 71.4 Å². The molecule has 6 heteroatoms. The second-order valence-corrected chi connectivity index (χ2v) is 11.3. The summed E-state index contributed by atoms with van der Waals surface area (Å²) in [6.07, 6.45) is 0. The molecule has 0 amide bonds. The summed E-state index contributed by atoms with van der Waals surface area (Å²) >= 11 is 13.3. The molecule has 0 N–H and O–H groups in total. The van der Waals surface area contributed by atoms with Crippen LogP contribution in [0.4, 0.5) is 0 Å². The Balaban J connectivity index is 1.59. The molecule has 1 aliphatic heterocycles. The Morgan fingerprint density at radius 3 is 1.58 bits per heavy atom. The van der Waals surface area contributed by atoms with Crippen LogP contribution in [0.2, 0.25) is 0 Å². The Hall–Kier alpha value is -2.13. The minimum atomic E-state index is -3.13. The first-order chi connectivity index (χ1) is 16.0. The van der Waals surface area contributed by atoms with Crippen molar-refractivity contribution in [2.45, 2.75) is 6.54 Å². The lowest BCUT2D eigenvalue weighted by Crippen LogP contribution is -2.43. The summed E-state index contributed by atoms with van der Waals surface area (Å²) in [5, 5.41) is 0.943. The van der Waals surface area contributed by atoms with Crippen LogP contribution in [-0.2, 0) is 11.1 Å². The third kappa shape index (κ3) is 6.47. The van der Waals surface area contributed by atoms with Crippen molar-refractivity contribution in [1.82, 2.24) is 9.57 Å². The van der Waals surface area contributed by atoms with Crippen molar-refractivity contribution in [1.29, 1.82) is 0 Å². The van der Waals surface area contributed by atoms with Gasteiger partial charge in [0.1, 0.15) is 0 Å². The molecule has 0 radical (unpaired) electrons. The lowest BCUT2D eigenvalue weighted by molar-refractivity contribution is 0.182. The Labute approximate surface area is 206 Å². The van der Waals surface area contributed by atoms with Gasteiger partial charge >= 0.3 is 0 Å². The molecule has 0 aliphatic carbocycles. The monoisotopic (exact) mass is 496 g/mol.